The number of carbonyl (C=O) groups is 2. The minimum atomic E-state index is -0.893. The van der Waals surface area contributed by atoms with Gasteiger partial charge in [0, 0.05) is 23.2 Å². The van der Waals surface area contributed by atoms with Crippen LogP contribution in [-0.2, 0) is 16.0 Å². The third-order valence-corrected chi connectivity index (χ3v) is 6.16. The van der Waals surface area contributed by atoms with E-state index in [1.165, 1.54) is 13.2 Å². The largest absolute Gasteiger partial charge is 0.493 e. The van der Waals surface area contributed by atoms with Gasteiger partial charge in [0.2, 0.25) is 11.3 Å². The van der Waals surface area contributed by atoms with E-state index < -0.39 is 18.0 Å². The average molecular weight is 408 g/mol. The minimum Gasteiger partial charge on any atom is -0.493 e. The van der Waals surface area contributed by atoms with Crippen molar-refractivity contribution < 1.29 is 14.3 Å². The van der Waals surface area contributed by atoms with Crippen molar-refractivity contribution in [1.82, 2.24) is 0 Å². The van der Waals surface area contributed by atoms with Crippen LogP contribution in [0.15, 0.2) is 29.1 Å². The van der Waals surface area contributed by atoms with Gasteiger partial charge in [0.05, 0.1) is 19.2 Å². The van der Waals surface area contributed by atoms with Gasteiger partial charge in [0.1, 0.15) is 0 Å². The first-order valence-electron chi connectivity index (χ1n) is 9.75. The van der Waals surface area contributed by atoms with Crippen LogP contribution in [0.5, 0.6) is 5.75 Å². The van der Waals surface area contributed by atoms with Gasteiger partial charge >= 0.3 is 0 Å². The van der Waals surface area contributed by atoms with Crippen LogP contribution in [-0.4, -0.2) is 18.8 Å². The summed E-state index contributed by atoms with van der Waals surface area (Å²) in [4.78, 5) is 36.7. The fourth-order valence-electron chi connectivity index (χ4n) is 4.71. The van der Waals surface area contributed by atoms with Crippen LogP contribution in [0.2, 0.25) is 0 Å². The number of nitrogens with two attached hydrogens (primary N) is 4. The molecule has 0 radical (unpaired) electrons. The molecule has 0 saturated heterocycles. The van der Waals surface area contributed by atoms with E-state index in [0.29, 0.717) is 46.3 Å². The molecule has 0 aliphatic heterocycles. The molecule has 156 valence electrons. The molecule has 0 heterocycles. The Bertz CT molecular complexity index is 1140. The first-order valence-corrected chi connectivity index (χ1v) is 9.75. The van der Waals surface area contributed by atoms with E-state index in [1.54, 1.807) is 12.1 Å². The number of amides is 1. The Morgan fingerprint density at radius 2 is 1.87 bits per heavy atom. The predicted octanol–water partition coefficient (Wildman–Crippen LogP) is 0.792. The van der Waals surface area contributed by atoms with Crippen LogP contribution in [0.3, 0.4) is 0 Å². The highest BCUT2D eigenvalue weighted by Gasteiger charge is 2.39. The highest BCUT2D eigenvalue weighted by Crippen LogP contribution is 2.48. The van der Waals surface area contributed by atoms with Gasteiger partial charge in [-0.05, 0) is 53.1 Å². The lowest BCUT2D eigenvalue weighted by Crippen LogP contribution is -2.23. The predicted molar refractivity (Wildman–Crippen MR) is 113 cm³/mol. The molecule has 2 aromatic rings. The number of primary amides is 1. The third kappa shape index (κ3) is 2.96. The highest BCUT2D eigenvalue weighted by atomic mass is 16.5. The van der Waals surface area contributed by atoms with E-state index in [4.69, 9.17) is 27.7 Å². The number of benzene rings is 1. The maximum atomic E-state index is 12.6. The van der Waals surface area contributed by atoms with Crippen LogP contribution < -0.4 is 33.1 Å². The fraction of sp³-hybridized carbons (Fsp3) is 0.318. The summed E-state index contributed by atoms with van der Waals surface area (Å²) in [6.45, 7) is 0. The number of rotatable bonds is 3. The van der Waals surface area contributed by atoms with Gasteiger partial charge < -0.3 is 27.7 Å². The van der Waals surface area contributed by atoms with Gasteiger partial charge in [-0.25, -0.2) is 0 Å². The smallest absolute Gasteiger partial charge is 0.220 e. The normalized spacial score (nSPS) is 22.0. The zero-order valence-electron chi connectivity index (χ0n) is 16.6. The van der Waals surface area contributed by atoms with Crippen LogP contribution in [0.1, 0.15) is 53.1 Å². The molecule has 0 bridgehead atoms. The van der Waals surface area contributed by atoms with E-state index in [1.807, 2.05) is 6.07 Å². The van der Waals surface area contributed by atoms with Gasteiger partial charge in [-0.3, -0.25) is 14.4 Å². The van der Waals surface area contributed by atoms with Crippen molar-refractivity contribution in [1.29, 1.82) is 0 Å². The molecule has 30 heavy (non-hydrogen) atoms. The van der Waals surface area contributed by atoms with Crippen LogP contribution >= 0.6 is 0 Å². The molecule has 1 amide bonds. The Labute approximate surface area is 173 Å². The van der Waals surface area contributed by atoms with Gasteiger partial charge in [0.15, 0.2) is 11.5 Å². The van der Waals surface area contributed by atoms with Crippen molar-refractivity contribution >= 4 is 17.4 Å². The molecule has 2 aliphatic carbocycles. The lowest BCUT2D eigenvalue weighted by molar-refractivity contribution is -0.121. The molecule has 8 N–H and O–H groups in total. The summed E-state index contributed by atoms with van der Waals surface area (Å²) >= 11 is 0. The summed E-state index contributed by atoms with van der Waals surface area (Å²) in [5, 5.41) is 0. The lowest BCUT2D eigenvalue weighted by atomic mass is 9.88. The van der Waals surface area contributed by atoms with Crippen molar-refractivity contribution in [2.24, 2.45) is 17.2 Å². The maximum absolute atomic E-state index is 12.6. The number of carbonyl (C=O) groups excluding carboxylic acids is 2. The average Bonchev–Trinajstić information content (AvgIpc) is 2.84. The van der Waals surface area contributed by atoms with Gasteiger partial charge in [-0.2, -0.15) is 0 Å². The van der Waals surface area contributed by atoms with Crippen molar-refractivity contribution in [3.8, 4) is 16.9 Å². The molecule has 0 fully saturated rings. The molecule has 3 unspecified atom stereocenters. The van der Waals surface area contributed by atoms with Crippen LogP contribution in [0.4, 0.5) is 5.69 Å². The highest BCUT2D eigenvalue weighted by molar-refractivity contribution is 6.00. The van der Waals surface area contributed by atoms with Crippen LogP contribution in [0.25, 0.3) is 11.1 Å². The number of hydrogen-bond donors (Lipinski definition) is 4. The number of fused-ring (bicyclic) bond motifs is 4. The number of nitrogen functional groups attached to an aromatic ring is 1. The fourth-order valence-corrected chi connectivity index (χ4v) is 4.71. The Hall–Kier alpha value is -3.23. The molecule has 4 rings (SSSR count). The third-order valence-electron chi connectivity index (χ3n) is 6.16. The number of methoxy groups -OCH3 is 1. The standard InChI is InChI=1S/C22H24N4O4/c1-30-15-5-4-11-12(8-14(15)27)9(7-16(23)28)2-3-10-6-13-18(20(25)17(10)11)21(26)22(29)19(13)24/h4-6,8-9,19,21H,2-3,7,24-26H2,1H3,(H2,23,28). The zero-order valence-corrected chi connectivity index (χ0v) is 16.6. The van der Waals surface area contributed by atoms with E-state index >= 15 is 0 Å². The second-order valence-electron chi connectivity index (χ2n) is 7.87. The zero-order chi connectivity index (χ0) is 21.7. The summed E-state index contributed by atoms with van der Waals surface area (Å²) in [6.07, 6.45) is 1.27. The van der Waals surface area contributed by atoms with E-state index in [2.05, 4.69) is 0 Å². The molecule has 8 nitrogen and oxygen atoms in total. The lowest BCUT2D eigenvalue weighted by Gasteiger charge is -2.18. The minimum absolute atomic E-state index is 0.101. The summed E-state index contributed by atoms with van der Waals surface area (Å²) in [5.41, 5.74) is 28.5. The Morgan fingerprint density at radius 1 is 1.13 bits per heavy atom. The molecule has 2 aliphatic rings. The van der Waals surface area contributed by atoms with Gasteiger partial charge in [-0.1, -0.05) is 12.1 Å². The number of hydrogen-bond acceptors (Lipinski definition) is 7. The van der Waals surface area contributed by atoms with Crippen molar-refractivity contribution in [3.63, 3.8) is 0 Å². The van der Waals surface area contributed by atoms with Crippen molar-refractivity contribution in [3.05, 3.63) is 56.7 Å². The number of ether oxygens (including phenoxy) is 1. The maximum Gasteiger partial charge on any atom is 0.220 e. The first-order chi connectivity index (χ1) is 14.2. The molecule has 8 heteroatoms. The monoisotopic (exact) mass is 408 g/mol. The van der Waals surface area contributed by atoms with Gasteiger partial charge in [0.25, 0.3) is 0 Å². The van der Waals surface area contributed by atoms with Crippen LogP contribution in [0, 0.1) is 0 Å². The quantitative estimate of drug-likeness (QED) is 0.545. The Morgan fingerprint density at radius 3 is 2.53 bits per heavy atom. The molecular formula is C22H24N4O4. The number of anilines is 1. The number of ketones is 1. The molecule has 0 aromatic heterocycles. The molecule has 0 spiro atoms. The van der Waals surface area contributed by atoms with Gasteiger partial charge in [-0.15, -0.1) is 0 Å². The summed E-state index contributed by atoms with van der Waals surface area (Å²) < 4.78 is 5.19. The summed E-state index contributed by atoms with van der Waals surface area (Å²) in [7, 11) is 1.42. The molecular weight excluding hydrogens is 384 g/mol. The Kier molecular flexibility index (Phi) is 4.83. The first kappa shape index (κ1) is 20.1. The van der Waals surface area contributed by atoms with Crippen molar-refractivity contribution in [2.45, 2.75) is 37.3 Å². The van der Waals surface area contributed by atoms with E-state index in [0.717, 1.165) is 5.56 Å². The summed E-state index contributed by atoms with van der Waals surface area (Å²) in [5.74, 6) is -0.803. The topological polar surface area (TPSA) is 165 Å². The molecule has 2 aromatic carbocycles. The summed E-state index contributed by atoms with van der Waals surface area (Å²) in [6, 6.07) is 5.01. The van der Waals surface area contributed by atoms with E-state index in [-0.39, 0.29) is 29.3 Å². The molecule has 0 saturated carbocycles. The second kappa shape index (κ2) is 7.23. The SMILES string of the molecule is COc1ccc2c(cc1=O)C(CC(N)=O)CCc1cc3c(c(N)c1-2)C(N)C(=O)C3N. The number of aryl methyl sites for hydroxylation is 1. The van der Waals surface area contributed by atoms with E-state index in [9.17, 15) is 14.4 Å². The second-order valence-corrected chi connectivity index (χ2v) is 7.87. The Balaban J connectivity index is 2.05. The molecule has 3 atom stereocenters. The number of Topliss-reactive ketones (excluding diaryl/α,β-unsaturated/α-hetero) is 1. The van der Waals surface area contributed by atoms with Crippen molar-refractivity contribution in [2.75, 3.05) is 12.8 Å².